The average Bonchev–Trinajstić information content (AvgIpc) is 3.67. The number of urea groups is 1. The fourth-order valence-corrected chi connectivity index (χ4v) is 6.68. The smallest absolute Gasteiger partial charge is 0.337 e. The molecule has 3 amide bonds. The fraction of sp³-hybridized carbons (Fsp3) is 0.588. The molecule has 0 radical (unpaired) electrons. The van der Waals surface area contributed by atoms with Gasteiger partial charge in [0.1, 0.15) is 18.1 Å². The molecule has 276 valence electrons. The van der Waals surface area contributed by atoms with Crippen LogP contribution < -0.4 is 25.4 Å². The van der Waals surface area contributed by atoms with Crippen molar-refractivity contribution in [3.05, 3.63) is 48.2 Å². The number of pyridine rings is 1. The van der Waals surface area contributed by atoms with Crippen LogP contribution in [0.5, 0.6) is 17.4 Å². The normalized spacial score (nSPS) is 17.9. The van der Waals surface area contributed by atoms with Crippen molar-refractivity contribution < 1.29 is 52.6 Å². The maximum absolute atomic E-state index is 12.0. The van der Waals surface area contributed by atoms with Gasteiger partial charge in [-0.1, -0.05) is 12.5 Å². The number of fused-ring (bicyclic) bond motifs is 1. The Labute approximate surface area is 296 Å². The van der Waals surface area contributed by atoms with Crippen LogP contribution in [0.25, 0.3) is 0 Å². The van der Waals surface area contributed by atoms with E-state index >= 15 is 0 Å². The molecule has 0 spiro atoms. The molecule has 0 saturated carbocycles. The van der Waals surface area contributed by atoms with Crippen molar-refractivity contribution in [2.45, 2.75) is 43.0 Å². The van der Waals surface area contributed by atoms with Gasteiger partial charge < -0.3 is 54.2 Å². The highest BCUT2D eigenvalue weighted by Crippen LogP contribution is 2.33. The quantitative estimate of drug-likeness (QED) is 0.0781. The van der Waals surface area contributed by atoms with Crippen molar-refractivity contribution in [2.24, 2.45) is 0 Å². The fourth-order valence-electron chi connectivity index (χ4n) is 5.14. The van der Waals surface area contributed by atoms with Gasteiger partial charge >= 0.3 is 12.0 Å². The van der Waals surface area contributed by atoms with Gasteiger partial charge in [-0.15, -0.1) is 0 Å². The van der Waals surface area contributed by atoms with E-state index in [0.717, 1.165) is 25.0 Å². The number of unbranched alkanes of at least 4 members (excludes halogenated alkanes) is 1. The maximum Gasteiger partial charge on any atom is 0.337 e. The third kappa shape index (κ3) is 15.1. The van der Waals surface area contributed by atoms with Crippen LogP contribution in [0.3, 0.4) is 0 Å². The van der Waals surface area contributed by atoms with Crippen molar-refractivity contribution in [3.8, 4) is 17.4 Å². The van der Waals surface area contributed by atoms with Gasteiger partial charge in [0, 0.05) is 42.3 Å². The number of amides is 3. The Balaban J connectivity index is 0.847. The Hall–Kier alpha value is -3.67. The zero-order valence-electron chi connectivity index (χ0n) is 28.2. The lowest BCUT2D eigenvalue weighted by molar-refractivity contribution is -0.121. The lowest BCUT2D eigenvalue weighted by atomic mass is 10.0. The molecule has 0 aliphatic carbocycles. The minimum atomic E-state index is -1.05. The average molecular weight is 721 g/mol. The molecule has 2 aliphatic heterocycles. The number of carbonyl (C=O) groups is 3. The molecule has 4 N–H and O–H groups in total. The Morgan fingerprint density at radius 1 is 0.840 bits per heavy atom. The predicted octanol–water partition coefficient (Wildman–Crippen LogP) is 2.88. The molecule has 16 heteroatoms. The van der Waals surface area contributed by atoms with Crippen LogP contribution in [-0.4, -0.2) is 130 Å². The van der Waals surface area contributed by atoms with Gasteiger partial charge in [0.15, 0.2) is 0 Å². The van der Waals surface area contributed by atoms with E-state index in [2.05, 4.69) is 20.9 Å². The number of hydrogen-bond donors (Lipinski definition) is 4. The summed E-state index contributed by atoms with van der Waals surface area (Å²) in [5.41, 5.74) is 0.0850. The number of aromatic nitrogens is 1. The van der Waals surface area contributed by atoms with E-state index < -0.39 is 5.97 Å². The number of carbonyl (C=O) groups excluding carboxylic acids is 2. The summed E-state index contributed by atoms with van der Waals surface area (Å²) in [7, 11) is 0. The molecule has 0 unspecified atom stereocenters. The van der Waals surface area contributed by atoms with Crippen molar-refractivity contribution in [2.75, 3.05) is 85.0 Å². The Kier molecular flexibility index (Phi) is 17.9. The Morgan fingerprint density at radius 2 is 1.50 bits per heavy atom. The van der Waals surface area contributed by atoms with Gasteiger partial charge in [0.05, 0.1) is 83.7 Å². The van der Waals surface area contributed by atoms with Gasteiger partial charge in [-0.2, -0.15) is 11.8 Å². The highest BCUT2D eigenvalue weighted by Gasteiger charge is 2.42. The zero-order chi connectivity index (χ0) is 35.2. The number of rotatable bonds is 27. The van der Waals surface area contributed by atoms with Crippen molar-refractivity contribution >= 4 is 29.7 Å². The number of nitrogens with zero attached hydrogens (tertiary/aromatic N) is 1. The standard InChI is InChI=1S/C34H48N4O11S/c39-30(7-2-1-6-29-32-28(24-50-29)37-34(42)38-32)35-10-11-43-12-13-44-14-15-45-16-17-46-18-19-47-20-21-48-26-4-3-5-27(22-26)49-31-9-8-25(23-36-31)33(40)41/h3-5,8-9,22-23,28-29,32H,1-2,6-7,10-21,24H2,(H,35,39)(H,40,41)(H2,37,38,42)/t28-,29-,32-/m0/s1. The third-order valence-corrected chi connectivity index (χ3v) is 9.15. The molecule has 1 aromatic heterocycles. The number of thioether (sulfide) groups is 1. The second-order valence-electron chi connectivity index (χ2n) is 11.4. The molecule has 2 aromatic rings. The molecule has 15 nitrogen and oxygen atoms in total. The summed E-state index contributed by atoms with van der Waals surface area (Å²) in [5.74, 6) is 1.34. The number of nitrogens with one attached hydrogen (secondary N) is 3. The topological polar surface area (TPSA) is 185 Å². The van der Waals surface area contributed by atoms with E-state index in [1.807, 2.05) is 11.8 Å². The van der Waals surface area contributed by atoms with Gasteiger partial charge in [0.25, 0.3) is 0 Å². The van der Waals surface area contributed by atoms with Crippen LogP contribution in [-0.2, 0) is 28.5 Å². The van der Waals surface area contributed by atoms with E-state index in [-0.39, 0.29) is 35.5 Å². The minimum absolute atomic E-state index is 0.0340. The van der Waals surface area contributed by atoms with Crippen LogP contribution in [0.2, 0.25) is 0 Å². The second-order valence-corrected chi connectivity index (χ2v) is 12.7. The maximum atomic E-state index is 12.0. The predicted molar refractivity (Wildman–Crippen MR) is 184 cm³/mol. The van der Waals surface area contributed by atoms with E-state index in [4.69, 9.17) is 38.3 Å². The Bertz CT molecular complexity index is 1310. The third-order valence-electron chi connectivity index (χ3n) is 7.64. The first-order valence-electron chi connectivity index (χ1n) is 16.9. The van der Waals surface area contributed by atoms with Crippen LogP contribution in [0, 0.1) is 0 Å². The molecule has 0 bridgehead atoms. The highest BCUT2D eigenvalue weighted by molar-refractivity contribution is 8.00. The first kappa shape index (κ1) is 39.1. The monoisotopic (exact) mass is 720 g/mol. The summed E-state index contributed by atoms with van der Waals surface area (Å²) in [4.78, 5) is 38.4. The number of aromatic carboxylic acids is 1. The SMILES string of the molecule is O=C(CCCC[C@@H]1SC[C@@H]2NC(=O)N[C@@H]21)NCCOCCOCCOCCOCCOCCOc1cccc(Oc2ccc(C(=O)O)cn2)c1. The Morgan fingerprint density at radius 3 is 2.16 bits per heavy atom. The molecule has 3 atom stereocenters. The summed E-state index contributed by atoms with van der Waals surface area (Å²) in [6.45, 7) is 5.24. The summed E-state index contributed by atoms with van der Waals surface area (Å²) < 4.78 is 38.9. The second kappa shape index (κ2) is 22.9. The van der Waals surface area contributed by atoms with E-state index in [1.54, 1.807) is 24.3 Å². The van der Waals surface area contributed by atoms with Gasteiger partial charge in [-0.05, 0) is 31.0 Å². The molecule has 1 aromatic carbocycles. The molecule has 2 aliphatic rings. The van der Waals surface area contributed by atoms with Gasteiger partial charge in [0.2, 0.25) is 11.8 Å². The lowest BCUT2D eigenvalue weighted by Crippen LogP contribution is -2.36. The molecule has 2 fully saturated rings. The molecular weight excluding hydrogens is 672 g/mol. The number of benzene rings is 1. The van der Waals surface area contributed by atoms with Crippen molar-refractivity contribution in [1.29, 1.82) is 0 Å². The molecule has 4 rings (SSSR count). The summed E-state index contributed by atoms with van der Waals surface area (Å²) >= 11 is 1.90. The number of carboxylic acid groups (broad SMARTS) is 1. The van der Waals surface area contributed by atoms with E-state index in [0.29, 0.717) is 102 Å². The lowest BCUT2D eigenvalue weighted by Gasteiger charge is -2.16. The van der Waals surface area contributed by atoms with Crippen molar-refractivity contribution in [1.82, 2.24) is 20.9 Å². The number of hydrogen-bond acceptors (Lipinski definition) is 12. The van der Waals surface area contributed by atoms with E-state index in [9.17, 15) is 14.4 Å². The molecule has 2 saturated heterocycles. The van der Waals surface area contributed by atoms with E-state index in [1.165, 1.54) is 18.3 Å². The number of ether oxygens (including phenoxy) is 7. The zero-order valence-corrected chi connectivity index (χ0v) is 29.0. The highest BCUT2D eigenvalue weighted by atomic mass is 32.2. The van der Waals surface area contributed by atoms with Crippen LogP contribution >= 0.6 is 11.8 Å². The van der Waals surface area contributed by atoms with Crippen LogP contribution in [0.1, 0.15) is 36.0 Å². The van der Waals surface area contributed by atoms with Gasteiger partial charge in [-0.25, -0.2) is 14.6 Å². The number of carboxylic acids is 1. The van der Waals surface area contributed by atoms with Gasteiger partial charge in [-0.3, -0.25) is 4.79 Å². The largest absolute Gasteiger partial charge is 0.491 e. The minimum Gasteiger partial charge on any atom is -0.491 e. The van der Waals surface area contributed by atoms with Crippen LogP contribution in [0.15, 0.2) is 42.6 Å². The summed E-state index contributed by atoms with van der Waals surface area (Å²) in [6.07, 6.45) is 4.54. The molecule has 3 heterocycles. The summed E-state index contributed by atoms with van der Waals surface area (Å²) in [6, 6.07) is 10.4. The molecular formula is C34H48N4O11S. The summed E-state index contributed by atoms with van der Waals surface area (Å²) in [5, 5.41) is 18.2. The van der Waals surface area contributed by atoms with Crippen LogP contribution in [0.4, 0.5) is 4.79 Å². The first-order valence-corrected chi connectivity index (χ1v) is 18.0. The first-order chi connectivity index (χ1) is 24.5. The van der Waals surface area contributed by atoms with Crippen molar-refractivity contribution in [3.63, 3.8) is 0 Å². The molecule has 50 heavy (non-hydrogen) atoms.